The normalized spacial score (nSPS) is 23.6. The van der Waals surface area contributed by atoms with Crippen molar-refractivity contribution in [3.8, 4) is 0 Å². The van der Waals surface area contributed by atoms with Crippen LogP contribution in [0.15, 0.2) is 30.3 Å². The largest absolute Gasteiger partial charge is 0.391 e. The molecule has 1 aromatic rings. The van der Waals surface area contributed by atoms with Crippen molar-refractivity contribution in [1.82, 2.24) is 5.32 Å². The summed E-state index contributed by atoms with van der Waals surface area (Å²) in [4.78, 5) is 0. The molecule has 0 saturated carbocycles. The Morgan fingerprint density at radius 3 is 2.79 bits per heavy atom. The monoisotopic (exact) mass is 191 g/mol. The Balaban J connectivity index is 1.90. The van der Waals surface area contributed by atoms with Gasteiger partial charge in [0.25, 0.3) is 0 Å². The zero-order chi connectivity index (χ0) is 9.80. The topological polar surface area (TPSA) is 32.3 Å². The molecular formula is C12H17NO. The Morgan fingerprint density at radius 1 is 1.36 bits per heavy atom. The van der Waals surface area contributed by atoms with Crippen LogP contribution < -0.4 is 5.32 Å². The second-order valence-corrected chi connectivity index (χ2v) is 3.96. The summed E-state index contributed by atoms with van der Waals surface area (Å²) in [6.07, 6.45) is 2.82. The molecule has 2 rings (SSSR count). The predicted molar refractivity (Wildman–Crippen MR) is 57.2 cm³/mol. The van der Waals surface area contributed by atoms with Crippen LogP contribution in [0.5, 0.6) is 0 Å². The van der Waals surface area contributed by atoms with Crippen LogP contribution in [0.2, 0.25) is 0 Å². The van der Waals surface area contributed by atoms with Gasteiger partial charge in [-0.1, -0.05) is 30.3 Å². The van der Waals surface area contributed by atoms with Gasteiger partial charge >= 0.3 is 0 Å². The summed E-state index contributed by atoms with van der Waals surface area (Å²) < 4.78 is 0. The van der Waals surface area contributed by atoms with Gasteiger partial charge in [-0.2, -0.15) is 0 Å². The Bertz CT molecular complexity index is 267. The molecule has 0 aliphatic carbocycles. The SMILES string of the molecule is OC(Cc1ccccc1)[C@H]1CCCN1. The van der Waals surface area contributed by atoms with Crippen molar-refractivity contribution in [2.45, 2.75) is 31.4 Å². The van der Waals surface area contributed by atoms with Crippen molar-refractivity contribution in [3.05, 3.63) is 35.9 Å². The van der Waals surface area contributed by atoms with Gasteiger partial charge in [-0.25, -0.2) is 0 Å². The van der Waals surface area contributed by atoms with Gasteiger partial charge in [0.05, 0.1) is 6.10 Å². The second-order valence-electron chi connectivity index (χ2n) is 3.96. The van der Waals surface area contributed by atoms with E-state index in [0.717, 1.165) is 19.4 Å². The van der Waals surface area contributed by atoms with Crippen LogP contribution in [0.25, 0.3) is 0 Å². The molecule has 1 aromatic carbocycles. The molecule has 2 atom stereocenters. The molecular weight excluding hydrogens is 174 g/mol. The van der Waals surface area contributed by atoms with E-state index in [4.69, 9.17) is 0 Å². The average Bonchev–Trinajstić information content (AvgIpc) is 2.72. The lowest BCUT2D eigenvalue weighted by atomic mass is 10.0. The lowest BCUT2D eigenvalue weighted by Gasteiger charge is -2.18. The summed E-state index contributed by atoms with van der Waals surface area (Å²) >= 11 is 0. The predicted octanol–water partition coefficient (Wildman–Crippen LogP) is 1.34. The molecule has 1 aliphatic rings. The molecule has 0 amide bonds. The van der Waals surface area contributed by atoms with E-state index in [1.165, 1.54) is 12.0 Å². The van der Waals surface area contributed by atoms with Gasteiger partial charge in [0.1, 0.15) is 0 Å². The van der Waals surface area contributed by atoms with E-state index < -0.39 is 0 Å². The number of aliphatic hydroxyl groups is 1. The molecule has 2 N–H and O–H groups in total. The van der Waals surface area contributed by atoms with Crippen LogP contribution in [-0.4, -0.2) is 23.8 Å². The lowest BCUT2D eigenvalue weighted by molar-refractivity contribution is 0.136. The molecule has 2 nitrogen and oxygen atoms in total. The minimum Gasteiger partial charge on any atom is -0.391 e. The first-order valence-corrected chi connectivity index (χ1v) is 5.31. The molecule has 1 unspecified atom stereocenters. The zero-order valence-electron chi connectivity index (χ0n) is 8.32. The molecule has 1 saturated heterocycles. The molecule has 2 heteroatoms. The fourth-order valence-corrected chi connectivity index (χ4v) is 2.04. The van der Waals surface area contributed by atoms with E-state index in [0.29, 0.717) is 6.04 Å². The first-order valence-electron chi connectivity index (χ1n) is 5.31. The van der Waals surface area contributed by atoms with Crippen LogP contribution in [0.1, 0.15) is 18.4 Å². The minimum atomic E-state index is -0.236. The summed E-state index contributed by atoms with van der Waals surface area (Å²) in [5, 5.41) is 13.3. The Kier molecular flexibility index (Phi) is 3.17. The summed E-state index contributed by atoms with van der Waals surface area (Å²) in [5.41, 5.74) is 1.22. The second kappa shape index (κ2) is 4.58. The zero-order valence-corrected chi connectivity index (χ0v) is 8.32. The molecule has 76 valence electrons. The van der Waals surface area contributed by atoms with Crippen molar-refractivity contribution < 1.29 is 5.11 Å². The van der Waals surface area contributed by atoms with Crippen molar-refractivity contribution in [2.24, 2.45) is 0 Å². The molecule has 1 fully saturated rings. The Hall–Kier alpha value is -0.860. The number of hydrogen-bond acceptors (Lipinski definition) is 2. The first kappa shape index (κ1) is 9.69. The molecule has 0 radical (unpaired) electrons. The van der Waals surface area contributed by atoms with Crippen LogP contribution in [0.4, 0.5) is 0 Å². The summed E-state index contributed by atoms with van der Waals surface area (Å²) in [7, 11) is 0. The minimum absolute atomic E-state index is 0.236. The van der Waals surface area contributed by atoms with Crippen molar-refractivity contribution in [1.29, 1.82) is 0 Å². The summed E-state index contributed by atoms with van der Waals surface area (Å²) in [6.45, 7) is 1.05. The average molecular weight is 191 g/mol. The first-order chi connectivity index (χ1) is 6.86. The molecule has 0 aromatic heterocycles. The highest BCUT2D eigenvalue weighted by Crippen LogP contribution is 2.13. The highest BCUT2D eigenvalue weighted by molar-refractivity contribution is 5.16. The lowest BCUT2D eigenvalue weighted by Crippen LogP contribution is -2.36. The molecule has 1 aliphatic heterocycles. The fourth-order valence-electron chi connectivity index (χ4n) is 2.04. The van der Waals surface area contributed by atoms with E-state index in [9.17, 15) is 5.11 Å². The van der Waals surface area contributed by atoms with Gasteiger partial charge < -0.3 is 10.4 Å². The van der Waals surface area contributed by atoms with Gasteiger partial charge in [0.15, 0.2) is 0 Å². The van der Waals surface area contributed by atoms with Crippen LogP contribution >= 0.6 is 0 Å². The van der Waals surface area contributed by atoms with Crippen LogP contribution in [0, 0.1) is 0 Å². The van der Waals surface area contributed by atoms with E-state index in [1.54, 1.807) is 0 Å². The third-order valence-electron chi connectivity index (χ3n) is 2.85. The maximum absolute atomic E-state index is 9.94. The third kappa shape index (κ3) is 2.34. The highest BCUT2D eigenvalue weighted by atomic mass is 16.3. The van der Waals surface area contributed by atoms with Gasteiger partial charge in [0, 0.05) is 6.04 Å². The maximum Gasteiger partial charge on any atom is 0.0733 e. The van der Waals surface area contributed by atoms with E-state index in [1.807, 2.05) is 18.2 Å². The Morgan fingerprint density at radius 2 is 2.14 bits per heavy atom. The van der Waals surface area contributed by atoms with Crippen molar-refractivity contribution >= 4 is 0 Å². The summed E-state index contributed by atoms with van der Waals surface area (Å²) in [6, 6.07) is 10.5. The van der Waals surface area contributed by atoms with Crippen molar-refractivity contribution in [3.63, 3.8) is 0 Å². The standard InChI is InChI=1S/C12H17NO/c14-12(11-7-4-8-13-11)9-10-5-2-1-3-6-10/h1-3,5-6,11-14H,4,7-9H2/t11-,12?/m1/s1. The highest BCUT2D eigenvalue weighted by Gasteiger charge is 2.22. The number of rotatable bonds is 3. The summed E-state index contributed by atoms with van der Waals surface area (Å²) in [5.74, 6) is 0. The maximum atomic E-state index is 9.94. The van der Waals surface area contributed by atoms with Gasteiger partial charge in [-0.3, -0.25) is 0 Å². The Labute approximate surface area is 85.0 Å². The smallest absolute Gasteiger partial charge is 0.0733 e. The van der Waals surface area contributed by atoms with Crippen LogP contribution in [0.3, 0.4) is 0 Å². The number of benzene rings is 1. The molecule has 0 spiro atoms. The fraction of sp³-hybridized carbons (Fsp3) is 0.500. The van der Waals surface area contributed by atoms with Crippen LogP contribution in [-0.2, 0) is 6.42 Å². The number of hydrogen-bond donors (Lipinski definition) is 2. The van der Waals surface area contributed by atoms with Gasteiger partial charge in [0.2, 0.25) is 0 Å². The number of nitrogens with one attached hydrogen (secondary N) is 1. The van der Waals surface area contributed by atoms with E-state index in [2.05, 4.69) is 17.4 Å². The molecule has 1 heterocycles. The van der Waals surface area contributed by atoms with E-state index in [-0.39, 0.29) is 6.10 Å². The number of aliphatic hydroxyl groups excluding tert-OH is 1. The third-order valence-corrected chi connectivity index (χ3v) is 2.85. The quantitative estimate of drug-likeness (QED) is 0.755. The molecule has 14 heavy (non-hydrogen) atoms. The van der Waals surface area contributed by atoms with Gasteiger partial charge in [-0.15, -0.1) is 0 Å². The van der Waals surface area contributed by atoms with Gasteiger partial charge in [-0.05, 0) is 31.4 Å². The van der Waals surface area contributed by atoms with E-state index >= 15 is 0 Å². The molecule has 0 bridgehead atoms. The van der Waals surface area contributed by atoms with Crippen molar-refractivity contribution in [2.75, 3.05) is 6.54 Å².